The first-order valence-corrected chi connectivity index (χ1v) is 9.63. The monoisotopic (exact) mass is 384 g/mol. The molecule has 0 aliphatic carbocycles. The molecular formula is C16H18Cl2N4OS. The van der Waals surface area contributed by atoms with E-state index in [1.807, 2.05) is 12.1 Å². The lowest BCUT2D eigenvalue weighted by Gasteiger charge is -2.12. The fraction of sp³-hybridized carbons (Fsp3) is 0.375. The van der Waals surface area contributed by atoms with Gasteiger partial charge in [-0.1, -0.05) is 29.3 Å². The fourth-order valence-corrected chi connectivity index (χ4v) is 3.97. The lowest BCUT2D eigenvalue weighted by molar-refractivity contribution is 0.0950. The first kappa shape index (κ1) is 17.6. The van der Waals surface area contributed by atoms with Crippen LogP contribution in [0.5, 0.6) is 0 Å². The molecule has 1 aliphatic rings. The summed E-state index contributed by atoms with van der Waals surface area (Å²) in [4.78, 5) is 12.2. The standard InChI is InChI=1S/C16H18Cl2N4OS/c17-11-2-1-10(13(18)7-11)9-24-6-5-20-16(23)15-12-8-19-4-3-14(12)21-22-15/h1-2,7,19H,3-6,8-9H2,(H,20,23)(H,21,22). The molecule has 0 unspecified atom stereocenters. The van der Waals surface area contributed by atoms with E-state index in [9.17, 15) is 4.79 Å². The molecule has 128 valence electrons. The summed E-state index contributed by atoms with van der Waals surface area (Å²) in [6.45, 7) is 2.20. The van der Waals surface area contributed by atoms with Crippen LogP contribution in [0.25, 0.3) is 0 Å². The number of carbonyl (C=O) groups excluding carboxylic acids is 1. The lowest BCUT2D eigenvalue weighted by Crippen LogP contribution is -2.29. The number of halogens is 2. The van der Waals surface area contributed by atoms with Crippen LogP contribution in [0.1, 0.15) is 27.3 Å². The first-order chi connectivity index (χ1) is 11.6. The Bertz CT molecular complexity index is 735. The minimum absolute atomic E-state index is 0.124. The smallest absolute Gasteiger partial charge is 0.272 e. The van der Waals surface area contributed by atoms with Gasteiger partial charge in [0.1, 0.15) is 0 Å². The second-order valence-electron chi connectivity index (χ2n) is 5.50. The van der Waals surface area contributed by atoms with Crippen molar-refractivity contribution in [1.29, 1.82) is 0 Å². The highest BCUT2D eigenvalue weighted by atomic mass is 35.5. The third-order valence-electron chi connectivity index (χ3n) is 3.83. The molecule has 5 nitrogen and oxygen atoms in total. The first-order valence-electron chi connectivity index (χ1n) is 7.72. The van der Waals surface area contributed by atoms with Gasteiger partial charge in [-0.3, -0.25) is 9.89 Å². The highest BCUT2D eigenvalue weighted by molar-refractivity contribution is 7.98. The van der Waals surface area contributed by atoms with Crippen LogP contribution >= 0.6 is 35.0 Å². The van der Waals surface area contributed by atoms with E-state index < -0.39 is 0 Å². The number of H-pyrrole nitrogens is 1. The minimum atomic E-state index is -0.124. The number of amides is 1. The fourth-order valence-electron chi connectivity index (χ4n) is 2.55. The van der Waals surface area contributed by atoms with Gasteiger partial charge < -0.3 is 10.6 Å². The van der Waals surface area contributed by atoms with Gasteiger partial charge in [0.05, 0.1) is 0 Å². The zero-order chi connectivity index (χ0) is 16.9. The van der Waals surface area contributed by atoms with Crippen LogP contribution in [0.4, 0.5) is 0 Å². The van der Waals surface area contributed by atoms with Crippen LogP contribution in [-0.4, -0.2) is 34.9 Å². The van der Waals surface area contributed by atoms with Crippen LogP contribution in [0.15, 0.2) is 18.2 Å². The topological polar surface area (TPSA) is 69.8 Å². The molecule has 1 amide bonds. The zero-order valence-electron chi connectivity index (χ0n) is 13.0. The van der Waals surface area contributed by atoms with Gasteiger partial charge in [-0.15, -0.1) is 0 Å². The molecular weight excluding hydrogens is 367 g/mol. The van der Waals surface area contributed by atoms with Crippen molar-refractivity contribution in [1.82, 2.24) is 20.8 Å². The molecule has 1 aliphatic heterocycles. The maximum absolute atomic E-state index is 12.2. The molecule has 0 spiro atoms. The minimum Gasteiger partial charge on any atom is -0.350 e. The third-order valence-corrected chi connectivity index (χ3v) is 5.42. The largest absolute Gasteiger partial charge is 0.350 e. The maximum atomic E-state index is 12.2. The number of fused-ring (bicyclic) bond motifs is 1. The molecule has 3 rings (SSSR count). The molecule has 1 aromatic heterocycles. The van der Waals surface area contributed by atoms with E-state index in [2.05, 4.69) is 20.8 Å². The average Bonchev–Trinajstić information content (AvgIpc) is 3.00. The number of hydrogen-bond acceptors (Lipinski definition) is 4. The van der Waals surface area contributed by atoms with Gasteiger partial charge in [0, 0.05) is 58.9 Å². The second kappa shape index (κ2) is 8.25. The molecule has 0 saturated carbocycles. The Morgan fingerprint density at radius 3 is 3.08 bits per heavy atom. The summed E-state index contributed by atoms with van der Waals surface area (Å²) < 4.78 is 0. The Hall–Kier alpha value is -1.21. The predicted octanol–water partition coefficient (Wildman–Crippen LogP) is 3.03. The molecule has 0 fully saturated rings. The summed E-state index contributed by atoms with van der Waals surface area (Å²) >= 11 is 13.7. The van der Waals surface area contributed by atoms with E-state index >= 15 is 0 Å². The summed E-state index contributed by atoms with van der Waals surface area (Å²) in [7, 11) is 0. The van der Waals surface area contributed by atoms with Crippen molar-refractivity contribution in [2.45, 2.75) is 18.7 Å². The molecule has 0 atom stereocenters. The Kier molecular flexibility index (Phi) is 6.05. The number of nitrogens with one attached hydrogen (secondary N) is 3. The van der Waals surface area contributed by atoms with Gasteiger partial charge in [0.15, 0.2) is 5.69 Å². The Morgan fingerprint density at radius 1 is 1.38 bits per heavy atom. The van der Waals surface area contributed by atoms with Crippen LogP contribution < -0.4 is 10.6 Å². The summed E-state index contributed by atoms with van der Waals surface area (Å²) in [5.41, 5.74) is 3.60. The number of aromatic amines is 1. The van der Waals surface area contributed by atoms with E-state index in [0.29, 0.717) is 28.8 Å². The Morgan fingerprint density at radius 2 is 2.25 bits per heavy atom. The summed E-state index contributed by atoms with van der Waals surface area (Å²) in [6, 6.07) is 5.51. The molecule has 0 bridgehead atoms. The van der Waals surface area contributed by atoms with E-state index in [1.165, 1.54) is 0 Å². The van der Waals surface area contributed by atoms with E-state index in [4.69, 9.17) is 23.2 Å². The summed E-state index contributed by atoms with van der Waals surface area (Å²) in [5, 5.41) is 14.6. The van der Waals surface area contributed by atoms with Crippen LogP contribution in [0, 0.1) is 0 Å². The van der Waals surface area contributed by atoms with Gasteiger partial charge in [-0.2, -0.15) is 16.9 Å². The maximum Gasteiger partial charge on any atom is 0.272 e. The van der Waals surface area contributed by atoms with E-state index in [-0.39, 0.29) is 5.91 Å². The second-order valence-corrected chi connectivity index (χ2v) is 7.45. The molecule has 24 heavy (non-hydrogen) atoms. The normalized spacial score (nSPS) is 13.6. The SMILES string of the molecule is O=C(NCCSCc1ccc(Cl)cc1Cl)c1n[nH]c2c1CNCC2. The molecule has 0 radical (unpaired) electrons. The van der Waals surface area contributed by atoms with Crippen molar-refractivity contribution in [2.24, 2.45) is 0 Å². The average molecular weight is 385 g/mol. The molecule has 2 heterocycles. The van der Waals surface area contributed by atoms with Gasteiger partial charge >= 0.3 is 0 Å². The number of benzene rings is 1. The molecule has 2 aromatic rings. The summed E-state index contributed by atoms with van der Waals surface area (Å²) in [6.07, 6.45) is 0.882. The quantitative estimate of drug-likeness (QED) is 0.669. The van der Waals surface area contributed by atoms with Gasteiger partial charge in [0.25, 0.3) is 5.91 Å². The van der Waals surface area contributed by atoms with E-state index in [0.717, 1.165) is 41.3 Å². The molecule has 1 aromatic carbocycles. The van der Waals surface area contributed by atoms with Crippen molar-refractivity contribution < 1.29 is 4.79 Å². The number of rotatable bonds is 6. The zero-order valence-corrected chi connectivity index (χ0v) is 15.3. The molecule has 8 heteroatoms. The van der Waals surface area contributed by atoms with Crippen LogP contribution in [-0.2, 0) is 18.7 Å². The number of nitrogens with zero attached hydrogens (tertiary/aromatic N) is 1. The number of thioether (sulfide) groups is 1. The molecule has 0 saturated heterocycles. The van der Waals surface area contributed by atoms with Crippen LogP contribution in [0.3, 0.4) is 0 Å². The van der Waals surface area contributed by atoms with E-state index in [1.54, 1.807) is 17.8 Å². The molecule has 3 N–H and O–H groups in total. The Labute approximate surface area is 154 Å². The van der Waals surface area contributed by atoms with Gasteiger partial charge in [-0.25, -0.2) is 0 Å². The number of hydrogen-bond donors (Lipinski definition) is 3. The van der Waals surface area contributed by atoms with Crippen molar-refractivity contribution in [2.75, 3.05) is 18.8 Å². The summed E-state index contributed by atoms with van der Waals surface area (Å²) in [5.74, 6) is 1.46. The van der Waals surface area contributed by atoms with Crippen molar-refractivity contribution in [3.05, 3.63) is 50.8 Å². The predicted molar refractivity (Wildman–Crippen MR) is 99.0 cm³/mol. The highest BCUT2D eigenvalue weighted by Crippen LogP contribution is 2.24. The van der Waals surface area contributed by atoms with Gasteiger partial charge in [-0.05, 0) is 17.7 Å². The number of aromatic nitrogens is 2. The van der Waals surface area contributed by atoms with Crippen LogP contribution in [0.2, 0.25) is 10.0 Å². The lowest BCUT2D eigenvalue weighted by atomic mass is 10.1. The Balaban J connectivity index is 1.43. The highest BCUT2D eigenvalue weighted by Gasteiger charge is 2.21. The van der Waals surface area contributed by atoms with Crippen molar-refractivity contribution in [3.8, 4) is 0 Å². The van der Waals surface area contributed by atoms with Crippen molar-refractivity contribution in [3.63, 3.8) is 0 Å². The number of carbonyl (C=O) groups is 1. The van der Waals surface area contributed by atoms with Gasteiger partial charge in [0.2, 0.25) is 0 Å². The van der Waals surface area contributed by atoms with Crippen molar-refractivity contribution >= 4 is 40.9 Å². The third kappa shape index (κ3) is 4.25.